The maximum Gasteiger partial charge on any atom is 0.341 e. The van der Waals surface area contributed by atoms with Crippen LogP contribution in [0.25, 0.3) is 5.69 Å². The zero-order valence-corrected chi connectivity index (χ0v) is 14.7. The van der Waals surface area contributed by atoms with Gasteiger partial charge in [0.25, 0.3) is 5.92 Å². The molecule has 11 heteroatoms. The summed E-state index contributed by atoms with van der Waals surface area (Å²) in [5.41, 5.74) is -0.785. The summed E-state index contributed by atoms with van der Waals surface area (Å²) in [6.07, 6.45) is -3.05. The third-order valence-corrected chi connectivity index (χ3v) is 5.95. The molecule has 1 aromatic carbocycles. The van der Waals surface area contributed by atoms with Gasteiger partial charge in [0.05, 0.1) is 16.0 Å². The summed E-state index contributed by atoms with van der Waals surface area (Å²) >= 11 is 0. The molecule has 1 unspecified atom stereocenters. The van der Waals surface area contributed by atoms with Crippen LogP contribution in [0.4, 0.5) is 17.6 Å². The zero-order valence-electron chi connectivity index (χ0n) is 13.9. The normalized spacial score (nSPS) is 18.4. The van der Waals surface area contributed by atoms with Gasteiger partial charge in [-0.15, -0.1) is 0 Å². The number of halogens is 4. The monoisotopic (exact) mass is 413 g/mol. The Morgan fingerprint density at radius 3 is 2.43 bits per heavy atom. The van der Waals surface area contributed by atoms with Crippen LogP contribution >= 0.6 is 0 Å². The van der Waals surface area contributed by atoms with Gasteiger partial charge in [0.2, 0.25) is 9.84 Å². The summed E-state index contributed by atoms with van der Waals surface area (Å²) in [5, 5.41) is 28.1. The van der Waals surface area contributed by atoms with Crippen LogP contribution in [-0.2, 0) is 16.3 Å². The number of fused-ring (bicyclic) bond motifs is 1. The molecule has 1 N–H and O–H groups in total. The Morgan fingerprint density at radius 1 is 1.21 bits per heavy atom. The fraction of sp³-hybridized carbons (Fsp3) is 0.294. The minimum atomic E-state index is -5.28. The van der Waals surface area contributed by atoms with Gasteiger partial charge < -0.3 is 9.67 Å². The van der Waals surface area contributed by atoms with Crippen molar-refractivity contribution in [1.29, 1.82) is 10.5 Å². The molecule has 1 aliphatic carbocycles. The van der Waals surface area contributed by atoms with Crippen LogP contribution in [0.5, 0.6) is 0 Å². The van der Waals surface area contributed by atoms with Crippen molar-refractivity contribution in [2.45, 2.75) is 35.5 Å². The summed E-state index contributed by atoms with van der Waals surface area (Å²) in [6, 6.07) is 7.34. The molecule has 0 bridgehead atoms. The van der Waals surface area contributed by atoms with Crippen LogP contribution in [0.2, 0.25) is 0 Å². The smallest absolute Gasteiger partial charge is 0.341 e. The lowest BCUT2D eigenvalue weighted by atomic mass is 9.91. The molecule has 0 aliphatic heterocycles. The second-order valence-electron chi connectivity index (χ2n) is 6.15. The maximum atomic E-state index is 14.0. The van der Waals surface area contributed by atoms with Crippen molar-refractivity contribution in [3.63, 3.8) is 0 Å². The highest BCUT2D eigenvalue weighted by Gasteiger charge is 2.48. The molecule has 2 aromatic rings. The lowest BCUT2D eigenvalue weighted by molar-refractivity contribution is -0.123. The van der Waals surface area contributed by atoms with Crippen LogP contribution < -0.4 is 0 Å². The molecule has 0 spiro atoms. The van der Waals surface area contributed by atoms with Crippen LogP contribution in [-0.4, -0.2) is 29.8 Å². The highest BCUT2D eigenvalue weighted by atomic mass is 32.2. The van der Waals surface area contributed by atoms with E-state index in [0.29, 0.717) is 0 Å². The molecular weight excluding hydrogens is 402 g/mol. The third kappa shape index (κ3) is 2.93. The molecule has 1 heterocycles. The SMILES string of the molecule is N#Cc1ccc(-n2cc(S(=O)(=O)C(F)F)c3c2CCC(F)(F)C3O)cc1C#N. The van der Waals surface area contributed by atoms with Crippen molar-refractivity contribution >= 4 is 9.84 Å². The number of hydrogen-bond acceptors (Lipinski definition) is 5. The van der Waals surface area contributed by atoms with E-state index in [4.69, 9.17) is 10.5 Å². The molecule has 28 heavy (non-hydrogen) atoms. The van der Waals surface area contributed by atoms with Crippen LogP contribution in [0, 0.1) is 22.7 Å². The number of aliphatic hydroxyl groups excluding tert-OH is 1. The number of nitrogens with zero attached hydrogens (tertiary/aromatic N) is 3. The number of rotatable bonds is 3. The van der Waals surface area contributed by atoms with Crippen molar-refractivity contribution in [2.75, 3.05) is 0 Å². The van der Waals surface area contributed by atoms with Crippen molar-refractivity contribution < 1.29 is 31.1 Å². The van der Waals surface area contributed by atoms with Gasteiger partial charge in [0.15, 0.2) is 0 Å². The number of aliphatic hydroxyl groups is 1. The van der Waals surface area contributed by atoms with Crippen molar-refractivity contribution in [1.82, 2.24) is 4.57 Å². The van der Waals surface area contributed by atoms with Crippen LogP contribution in [0.3, 0.4) is 0 Å². The van der Waals surface area contributed by atoms with Crippen LogP contribution in [0.1, 0.15) is 34.9 Å². The van der Waals surface area contributed by atoms with Gasteiger partial charge in [-0.2, -0.15) is 19.3 Å². The summed E-state index contributed by atoms with van der Waals surface area (Å²) in [4.78, 5) is -1.09. The Labute approximate surface area is 156 Å². The Hall–Kier alpha value is -2.89. The van der Waals surface area contributed by atoms with Gasteiger partial charge in [-0.1, -0.05) is 0 Å². The van der Waals surface area contributed by atoms with E-state index in [9.17, 15) is 31.1 Å². The van der Waals surface area contributed by atoms with Crippen molar-refractivity contribution in [3.05, 3.63) is 46.8 Å². The Morgan fingerprint density at radius 2 is 1.86 bits per heavy atom. The molecule has 3 rings (SSSR count). The molecule has 0 saturated carbocycles. The second kappa shape index (κ2) is 6.62. The largest absolute Gasteiger partial charge is 0.382 e. The van der Waals surface area contributed by atoms with E-state index >= 15 is 0 Å². The van der Waals surface area contributed by atoms with E-state index in [-0.39, 0.29) is 28.9 Å². The molecule has 6 nitrogen and oxygen atoms in total. The van der Waals surface area contributed by atoms with E-state index < -0.39 is 44.5 Å². The summed E-state index contributed by atoms with van der Waals surface area (Å²) in [7, 11) is -5.28. The molecular formula is C17H11F4N3O3S. The Bertz CT molecular complexity index is 1140. The van der Waals surface area contributed by atoms with E-state index in [1.165, 1.54) is 18.2 Å². The van der Waals surface area contributed by atoms with Gasteiger partial charge in [0, 0.05) is 29.6 Å². The first-order valence-corrected chi connectivity index (χ1v) is 9.36. The molecule has 1 atom stereocenters. The zero-order chi connectivity index (χ0) is 20.9. The molecule has 0 radical (unpaired) electrons. The average molecular weight is 413 g/mol. The predicted molar refractivity (Wildman–Crippen MR) is 86.6 cm³/mol. The molecule has 0 fully saturated rings. The van der Waals surface area contributed by atoms with E-state index in [1.807, 2.05) is 0 Å². The Balaban J connectivity index is 2.32. The minimum Gasteiger partial charge on any atom is -0.382 e. The first kappa shape index (κ1) is 19.9. The summed E-state index contributed by atoms with van der Waals surface area (Å²) in [6.45, 7) is 0. The van der Waals surface area contributed by atoms with E-state index in [2.05, 4.69) is 0 Å². The third-order valence-electron chi connectivity index (χ3n) is 4.55. The number of hydrogen-bond donors (Lipinski definition) is 1. The Kier molecular flexibility index (Phi) is 4.69. The quantitative estimate of drug-likeness (QED) is 0.779. The summed E-state index contributed by atoms with van der Waals surface area (Å²) in [5.74, 6) is -7.56. The van der Waals surface area contributed by atoms with Crippen molar-refractivity contribution in [2.24, 2.45) is 0 Å². The standard InChI is InChI=1S/C17H11F4N3O3S/c18-16(19)28(26,27)13-8-24(11-2-1-9(6-22)10(5-11)7-23)12-3-4-17(20,21)15(25)14(12)13/h1-2,5,8,15-16,25H,3-4H2. The number of aromatic nitrogens is 1. The number of alkyl halides is 4. The predicted octanol–water partition coefficient (Wildman–Crippen LogP) is 2.83. The second-order valence-corrected chi connectivity index (χ2v) is 8.03. The van der Waals surface area contributed by atoms with Gasteiger partial charge in [-0.25, -0.2) is 17.2 Å². The molecule has 0 saturated heterocycles. The van der Waals surface area contributed by atoms with Gasteiger partial charge in [-0.3, -0.25) is 0 Å². The average Bonchev–Trinajstić information content (AvgIpc) is 3.05. The number of benzene rings is 1. The lowest BCUT2D eigenvalue weighted by Gasteiger charge is -2.29. The van der Waals surface area contributed by atoms with Gasteiger partial charge in [-0.05, 0) is 24.6 Å². The van der Waals surface area contributed by atoms with E-state index in [0.717, 1.165) is 10.8 Å². The summed E-state index contributed by atoms with van der Waals surface area (Å²) < 4.78 is 79.2. The molecule has 0 amide bonds. The molecule has 1 aromatic heterocycles. The fourth-order valence-corrected chi connectivity index (χ4v) is 4.12. The fourth-order valence-electron chi connectivity index (χ4n) is 3.14. The number of nitriles is 2. The number of sulfone groups is 1. The van der Waals surface area contributed by atoms with Gasteiger partial charge in [0.1, 0.15) is 18.2 Å². The van der Waals surface area contributed by atoms with E-state index in [1.54, 1.807) is 12.1 Å². The molecule has 1 aliphatic rings. The topological polar surface area (TPSA) is 107 Å². The van der Waals surface area contributed by atoms with Crippen LogP contribution in [0.15, 0.2) is 29.3 Å². The van der Waals surface area contributed by atoms with Gasteiger partial charge >= 0.3 is 5.76 Å². The molecule has 146 valence electrons. The van der Waals surface area contributed by atoms with Crippen molar-refractivity contribution in [3.8, 4) is 17.8 Å². The first-order chi connectivity index (χ1) is 13.0. The highest BCUT2D eigenvalue weighted by molar-refractivity contribution is 7.91. The lowest BCUT2D eigenvalue weighted by Crippen LogP contribution is -2.33. The minimum absolute atomic E-state index is 0.0271. The highest BCUT2D eigenvalue weighted by Crippen LogP contribution is 2.46. The maximum absolute atomic E-state index is 14.0. The first-order valence-electron chi connectivity index (χ1n) is 7.81.